The van der Waals surface area contributed by atoms with E-state index < -0.39 is 23.8 Å². The zero-order valence-corrected chi connectivity index (χ0v) is 10.00. The van der Waals surface area contributed by atoms with Gasteiger partial charge in [-0.1, -0.05) is 6.58 Å². The Morgan fingerprint density at radius 2 is 1.95 bits per heavy atom. The summed E-state index contributed by atoms with van der Waals surface area (Å²) >= 11 is 0. The van der Waals surface area contributed by atoms with Crippen LogP contribution in [0.15, 0.2) is 12.3 Å². The summed E-state index contributed by atoms with van der Waals surface area (Å²) in [5.41, 5.74) is 5.76. The number of carbonyl (C=O) groups excluding carboxylic acids is 2. The second-order valence-corrected chi connectivity index (χ2v) is 4.96. The fourth-order valence-corrected chi connectivity index (χ4v) is 2.23. The molecule has 2 fully saturated rings. The summed E-state index contributed by atoms with van der Waals surface area (Å²) in [6.45, 7) is 3.68. The van der Waals surface area contributed by atoms with Crippen LogP contribution in [0.5, 0.6) is 0 Å². The zero-order chi connectivity index (χ0) is 14.4. The van der Waals surface area contributed by atoms with Crippen molar-refractivity contribution in [3.63, 3.8) is 0 Å². The normalized spacial score (nSPS) is 24.4. The molecule has 0 radical (unpaired) electrons. The van der Waals surface area contributed by atoms with Crippen molar-refractivity contribution in [2.75, 3.05) is 13.1 Å². The van der Waals surface area contributed by atoms with Crippen LogP contribution in [0.1, 0.15) is 12.8 Å². The number of esters is 1. The Kier molecular flexibility index (Phi) is 3.08. The first-order valence-electron chi connectivity index (χ1n) is 5.68. The number of carbonyl (C=O) groups is 2. The van der Waals surface area contributed by atoms with E-state index in [1.165, 1.54) is 4.90 Å². The lowest BCUT2D eigenvalue weighted by Gasteiger charge is -2.17. The van der Waals surface area contributed by atoms with E-state index in [4.69, 9.17) is 5.73 Å². The first-order valence-corrected chi connectivity index (χ1v) is 5.68. The number of nitrogens with two attached hydrogens (primary N) is 1. The van der Waals surface area contributed by atoms with Crippen molar-refractivity contribution in [1.82, 2.24) is 4.90 Å². The highest BCUT2D eigenvalue weighted by Crippen LogP contribution is 2.52. The van der Waals surface area contributed by atoms with Gasteiger partial charge >= 0.3 is 12.1 Å². The molecule has 1 amide bonds. The highest BCUT2D eigenvalue weighted by atomic mass is 19.4. The van der Waals surface area contributed by atoms with Gasteiger partial charge in [0.15, 0.2) is 5.76 Å². The monoisotopic (exact) mass is 278 g/mol. The number of hydrogen-bond donors (Lipinski definition) is 1. The Labute approximate surface area is 107 Å². The second kappa shape index (κ2) is 4.22. The molecule has 1 spiro atoms. The van der Waals surface area contributed by atoms with Crippen LogP contribution in [-0.2, 0) is 14.3 Å². The van der Waals surface area contributed by atoms with Crippen LogP contribution in [-0.4, -0.2) is 42.1 Å². The predicted molar refractivity (Wildman–Crippen MR) is 57.5 cm³/mol. The van der Waals surface area contributed by atoms with Crippen molar-refractivity contribution in [1.29, 1.82) is 0 Å². The van der Waals surface area contributed by atoms with Crippen LogP contribution in [0.4, 0.5) is 13.2 Å². The van der Waals surface area contributed by atoms with E-state index in [1.807, 2.05) is 0 Å². The van der Waals surface area contributed by atoms with E-state index in [1.54, 1.807) is 0 Å². The van der Waals surface area contributed by atoms with E-state index in [9.17, 15) is 22.8 Å². The molecule has 19 heavy (non-hydrogen) atoms. The minimum Gasteiger partial charge on any atom is -0.415 e. The SMILES string of the molecule is C=C(OC(=O)C(F)(F)F)C(=O)N1C[C@H](N)C2(CC2)C1. The molecule has 1 heterocycles. The number of hydrogen-bond acceptors (Lipinski definition) is 4. The van der Waals surface area contributed by atoms with Crippen LogP contribution in [0.25, 0.3) is 0 Å². The van der Waals surface area contributed by atoms with Crippen LogP contribution in [0.3, 0.4) is 0 Å². The average molecular weight is 278 g/mol. The Bertz CT molecular complexity index is 443. The van der Waals surface area contributed by atoms with E-state index in [-0.39, 0.29) is 18.0 Å². The summed E-state index contributed by atoms with van der Waals surface area (Å²) in [6.07, 6.45) is -3.36. The summed E-state index contributed by atoms with van der Waals surface area (Å²) in [4.78, 5) is 23.7. The van der Waals surface area contributed by atoms with E-state index in [0.717, 1.165) is 12.8 Å². The molecule has 0 unspecified atom stereocenters. The number of halogens is 3. The van der Waals surface area contributed by atoms with Gasteiger partial charge in [0.1, 0.15) is 0 Å². The molecule has 0 aromatic heterocycles. The maximum atomic E-state index is 12.0. The van der Waals surface area contributed by atoms with Crippen LogP contribution in [0.2, 0.25) is 0 Å². The minimum atomic E-state index is -5.15. The number of likely N-dealkylation sites (tertiary alicyclic amines) is 1. The molecular weight excluding hydrogens is 265 g/mol. The molecule has 1 aliphatic carbocycles. The van der Waals surface area contributed by atoms with Crippen molar-refractivity contribution >= 4 is 11.9 Å². The lowest BCUT2D eigenvalue weighted by molar-refractivity contribution is -0.196. The molecule has 1 atom stereocenters. The van der Waals surface area contributed by atoms with Gasteiger partial charge in [-0.05, 0) is 12.8 Å². The van der Waals surface area contributed by atoms with E-state index in [0.29, 0.717) is 6.54 Å². The maximum Gasteiger partial charge on any atom is 0.491 e. The Morgan fingerprint density at radius 1 is 1.37 bits per heavy atom. The summed E-state index contributed by atoms with van der Waals surface area (Å²) in [6, 6.07) is -0.192. The van der Waals surface area contributed by atoms with E-state index in [2.05, 4.69) is 11.3 Å². The van der Waals surface area contributed by atoms with Gasteiger partial charge in [0.2, 0.25) is 0 Å². The van der Waals surface area contributed by atoms with Crippen molar-refractivity contribution in [2.24, 2.45) is 11.1 Å². The van der Waals surface area contributed by atoms with Gasteiger partial charge in [0.25, 0.3) is 5.91 Å². The third-order valence-corrected chi connectivity index (χ3v) is 3.57. The lowest BCUT2D eigenvalue weighted by atomic mass is 10.0. The molecule has 2 N–H and O–H groups in total. The van der Waals surface area contributed by atoms with Gasteiger partial charge in [0, 0.05) is 24.5 Å². The largest absolute Gasteiger partial charge is 0.491 e. The lowest BCUT2D eigenvalue weighted by Crippen LogP contribution is -2.35. The van der Waals surface area contributed by atoms with Gasteiger partial charge in [-0.25, -0.2) is 4.79 Å². The smallest absolute Gasteiger partial charge is 0.415 e. The Morgan fingerprint density at radius 3 is 2.37 bits per heavy atom. The molecule has 1 saturated carbocycles. The average Bonchev–Trinajstić information content (AvgIpc) is 2.98. The van der Waals surface area contributed by atoms with Gasteiger partial charge in [-0.2, -0.15) is 13.2 Å². The molecule has 0 bridgehead atoms. The van der Waals surface area contributed by atoms with Gasteiger partial charge in [-0.15, -0.1) is 0 Å². The van der Waals surface area contributed by atoms with Crippen LogP contribution in [0, 0.1) is 5.41 Å². The van der Waals surface area contributed by atoms with Gasteiger partial charge in [0.05, 0.1) is 0 Å². The summed E-state index contributed by atoms with van der Waals surface area (Å²) in [5, 5.41) is 0. The fourth-order valence-electron chi connectivity index (χ4n) is 2.23. The molecular formula is C11H13F3N2O3. The molecule has 2 rings (SSSR count). The maximum absolute atomic E-state index is 12.0. The first kappa shape index (κ1) is 13.9. The summed E-state index contributed by atoms with van der Waals surface area (Å²) in [5.74, 6) is -4.10. The molecule has 106 valence electrons. The zero-order valence-electron chi connectivity index (χ0n) is 10.00. The topological polar surface area (TPSA) is 72.6 Å². The molecule has 1 aliphatic heterocycles. The number of amides is 1. The third kappa shape index (κ3) is 2.58. The Hall–Kier alpha value is -1.57. The second-order valence-electron chi connectivity index (χ2n) is 4.96. The van der Waals surface area contributed by atoms with Crippen LogP contribution < -0.4 is 5.73 Å². The molecule has 5 nitrogen and oxygen atoms in total. The fraction of sp³-hybridized carbons (Fsp3) is 0.636. The van der Waals surface area contributed by atoms with Crippen LogP contribution >= 0.6 is 0 Å². The molecule has 0 aromatic carbocycles. The van der Waals surface area contributed by atoms with E-state index >= 15 is 0 Å². The van der Waals surface area contributed by atoms with Crippen molar-refractivity contribution in [3.8, 4) is 0 Å². The number of rotatable bonds is 2. The summed E-state index contributed by atoms with van der Waals surface area (Å²) < 4.78 is 39.9. The summed E-state index contributed by atoms with van der Waals surface area (Å²) in [7, 11) is 0. The van der Waals surface area contributed by atoms with Gasteiger partial charge < -0.3 is 15.4 Å². The molecule has 1 saturated heterocycles. The quantitative estimate of drug-likeness (QED) is 0.455. The van der Waals surface area contributed by atoms with Crippen molar-refractivity contribution in [2.45, 2.75) is 25.1 Å². The van der Waals surface area contributed by atoms with Gasteiger partial charge in [-0.3, -0.25) is 4.79 Å². The third-order valence-electron chi connectivity index (χ3n) is 3.57. The standard InChI is InChI=1S/C11H13F3N2O3/c1-6(19-9(18)11(12,13)14)8(17)16-4-7(15)10(5-16)2-3-10/h7H,1-5,15H2/t7-/m0/s1. The molecule has 8 heteroatoms. The predicted octanol–water partition coefficient (Wildman–Crippen LogP) is 0.555. The molecule has 0 aromatic rings. The highest BCUT2D eigenvalue weighted by Gasteiger charge is 2.55. The number of nitrogens with zero attached hydrogens (tertiary/aromatic N) is 1. The minimum absolute atomic E-state index is 0.107. The van der Waals surface area contributed by atoms with Crippen molar-refractivity contribution < 1.29 is 27.5 Å². The molecule has 2 aliphatic rings. The van der Waals surface area contributed by atoms with Crippen molar-refractivity contribution in [3.05, 3.63) is 12.3 Å². The number of alkyl halides is 3. The first-order chi connectivity index (χ1) is 8.66. The highest BCUT2D eigenvalue weighted by molar-refractivity contribution is 5.94. The number of ether oxygens (including phenoxy) is 1. The Balaban J connectivity index is 1.94.